The van der Waals surface area contributed by atoms with Crippen LogP contribution in [0.1, 0.15) is 22.3 Å². The van der Waals surface area contributed by atoms with Crippen LogP contribution in [0.15, 0.2) is 415 Å². The minimum absolute atomic E-state index is 0.478. The average molecular weight is 1590 g/mol. The number of para-hydroxylation sites is 4. The van der Waals surface area contributed by atoms with E-state index in [0.717, 1.165) is 179 Å². The van der Waals surface area contributed by atoms with Crippen LogP contribution < -0.4 is 19.6 Å². The molecule has 2 aliphatic heterocycles. The summed E-state index contributed by atoms with van der Waals surface area (Å²) in [5.41, 5.74) is 30.0. The number of H-pyrrole nitrogens is 2. The molecule has 21 rings (SSSR count). The third-order valence-corrected chi connectivity index (χ3v) is 23.3. The van der Waals surface area contributed by atoms with Crippen molar-refractivity contribution in [2.75, 3.05) is 19.6 Å². The van der Waals surface area contributed by atoms with Crippen LogP contribution in [0.5, 0.6) is 0 Å². The predicted molar refractivity (Wildman–Crippen MR) is 517 cm³/mol. The lowest BCUT2D eigenvalue weighted by atomic mass is 9.99. The fraction of sp³-hybridized carbons (Fsp3) is 0. The molecule has 16 aromatic carbocycles. The van der Waals surface area contributed by atoms with Gasteiger partial charge in [0, 0.05) is 112 Å². The first-order chi connectivity index (χ1) is 61.2. The van der Waals surface area contributed by atoms with E-state index in [4.69, 9.17) is 29.9 Å². The van der Waals surface area contributed by atoms with Gasteiger partial charge in [0.25, 0.3) is 0 Å². The van der Waals surface area contributed by atoms with Gasteiger partial charge in [-0.2, -0.15) is 0 Å². The first-order valence-electron chi connectivity index (χ1n) is 41.3. The number of aromatic amines is 2. The SMILES string of the molecule is C=Cc1ccc(N(c2ccccc2)c2ccc(-c3ccc4c(c3)-c3nc-4nc4[nH]c(nc5nc(nc6[nH]c(n3)c3ccc(-c7ccc(N(c8ccccc8)c8ccc(C=C)cc8)cc7)cc63)-c3ccc(-c6ccc(N(c7ccccc7)c7ccc(C=C)cc7)cc6)cc3-5)c3ccc(-c5ccc(N(c6ccccc6)c6ccc(C=C)cc6)cc5)cc43)cc2)cc1. The van der Waals surface area contributed by atoms with Gasteiger partial charge in [0.15, 0.2) is 23.3 Å². The summed E-state index contributed by atoms with van der Waals surface area (Å²) < 4.78 is 0. The Balaban J connectivity index is 0.747. The van der Waals surface area contributed by atoms with E-state index in [1.165, 1.54) is 0 Å². The van der Waals surface area contributed by atoms with Gasteiger partial charge in [-0.1, -0.05) is 245 Å². The fourth-order valence-corrected chi connectivity index (χ4v) is 16.9. The number of anilines is 12. The van der Waals surface area contributed by atoms with Gasteiger partial charge in [-0.05, 0) is 261 Å². The molecule has 3 aromatic heterocycles. The third kappa shape index (κ3) is 14.2. The Kier molecular flexibility index (Phi) is 19.3. The second-order valence-corrected chi connectivity index (χ2v) is 30.7. The average Bonchev–Trinajstić information content (AvgIpc) is 1.59. The van der Waals surface area contributed by atoms with Gasteiger partial charge in [0.2, 0.25) is 0 Å². The number of rotatable bonds is 20. The molecule has 0 atom stereocenters. The van der Waals surface area contributed by atoms with Crippen molar-refractivity contribution in [1.29, 1.82) is 0 Å². The highest BCUT2D eigenvalue weighted by Crippen LogP contribution is 2.46. The van der Waals surface area contributed by atoms with Gasteiger partial charge in [0.05, 0.1) is 0 Å². The molecule has 0 fully saturated rings. The summed E-state index contributed by atoms with van der Waals surface area (Å²) in [4.78, 5) is 50.3. The molecule has 124 heavy (non-hydrogen) atoms. The highest BCUT2D eigenvalue weighted by Gasteiger charge is 2.27. The smallest absolute Gasteiger partial charge is 0.164 e. The zero-order valence-electron chi connectivity index (χ0n) is 67.6. The van der Waals surface area contributed by atoms with Crippen LogP contribution in [0, 0.1) is 0 Å². The second-order valence-electron chi connectivity index (χ2n) is 30.7. The molecule has 8 bridgehead atoms. The maximum atomic E-state index is 5.65. The Bertz CT molecular complexity index is 7030. The lowest BCUT2D eigenvalue weighted by Crippen LogP contribution is -2.09. The van der Waals surface area contributed by atoms with Gasteiger partial charge in [-0.3, -0.25) is 0 Å². The van der Waals surface area contributed by atoms with Crippen LogP contribution in [0.4, 0.5) is 68.2 Å². The molecule has 0 aliphatic carbocycles. The predicted octanol–water partition coefficient (Wildman–Crippen LogP) is 30.0. The Hall–Kier alpha value is -17.0. The van der Waals surface area contributed by atoms with Gasteiger partial charge < -0.3 is 29.6 Å². The topological polar surface area (TPSA) is 122 Å². The minimum atomic E-state index is 0.478. The fourth-order valence-electron chi connectivity index (χ4n) is 16.9. The van der Waals surface area contributed by atoms with E-state index in [9.17, 15) is 0 Å². The van der Waals surface area contributed by atoms with Crippen LogP contribution in [-0.2, 0) is 0 Å². The van der Waals surface area contributed by atoms with Crippen LogP contribution in [-0.4, -0.2) is 39.9 Å². The van der Waals surface area contributed by atoms with E-state index >= 15 is 0 Å². The maximum Gasteiger partial charge on any atom is 0.164 e. The minimum Gasteiger partial charge on any atom is -0.324 e. The summed E-state index contributed by atoms with van der Waals surface area (Å²) in [6.07, 6.45) is 7.47. The van der Waals surface area contributed by atoms with Crippen molar-refractivity contribution in [1.82, 2.24) is 39.9 Å². The Morgan fingerprint density at radius 3 is 0.629 bits per heavy atom. The highest BCUT2D eigenvalue weighted by molar-refractivity contribution is 6.09. The van der Waals surface area contributed by atoms with Crippen molar-refractivity contribution >= 4 is 137 Å². The maximum absolute atomic E-state index is 5.65. The second kappa shape index (κ2) is 32.1. The van der Waals surface area contributed by atoms with Gasteiger partial charge in [0.1, 0.15) is 22.6 Å². The monoisotopic (exact) mass is 1590 g/mol. The summed E-state index contributed by atoms with van der Waals surface area (Å²) in [5, 5.41) is 3.35. The zero-order valence-corrected chi connectivity index (χ0v) is 67.6. The number of hydrogen-bond donors (Lipinski definition) is 2. The molecule has 12 heteroatoms. The summed E-state index contributed by atoms with van der Waals surface area (Å²) in [6.45, 7) is 16.1. The Morgan fingerprint density at radius 1 is 0.177 bits per heavy atom. The molecule has 19 aromatic rings. The molecule has 0 saturated carbocycles. The van der Waals surface area contributed by atoms with Crippen molar-refractivity contribution in [2.45, 2.75) is 0 Å². The van der Waals surface area contributed by atoms with Crippen LogP contribution >= 0.6 is 0 Å². The van der Waals surface area contributed by atoms with Crippen molar-refractivity contribution < 1.29 is 0 Å². The molecule has 0 radical (unpaired) electrons. The molecule has 2 N–H and O–H groups in total. The molecule has 0 amide bonds. The number of fused-ring (bicyclic) bond motifs is 20. The molecule has 586 valence electrons. The van der Waals surface area contributed by atoms with Crippen molar-refractivity contribution in [3.8, 4) is 90.1 Å². The molecular formula is C112H78N12. The van der Waals surface area contributed by atoms with E-state index in [2.05, 4.69) is 420 Å². The highest BCUT2D eigenvalue weighted by atomic mass is 15.2. The molecular weight excluding hydrogens is 1510 g/mol. The summed E-state index contributed by atoms with van der Waals surface area (Å²) >= 11 is 0. The van der Waals surface area contributed by atoms with Gasteiger partial charge in [-0.15, -0.1) is 0 Å². The third-order valence-electron chi connectivity index (χ3n) is 23.3. The van der Waals surface area contributed by atoms with E-state index < -0.39 is 0 Å². The standard InChI is InChI=1S/C112H78N12/c1-5-73-29-49-89(50-30-73)121(85-21-13-9-14-22-85)93-57-37-77(38-58-93)81-45-65-97-101(69-81)109-113-105(97)118-110-103-71-83(79-41-61-95(62-42-79)123(87-25-17-11-18-26-87)91-53-33-75(7-3)34-54-91)47-67-99(103)107(115-110)120-112-104-72-84(80-43-63-96(64-44-80)124(88-27-19-12-20-28-88)92-55-35-76(8-4)36-56-92)48-68-100(104)108(116-112)119-111-102-70-82(46-66-98(102)106(114-111)117-109)78-39-59-94(60-40-78)122(86-23-15-10-16-24-86)90-51-31-74(6-2)32-52-90/h5-72H,1-4H2,(H2,113,114,115,116,117,118,119,120). The Morgan fingerprint density at radius 2 is 0.379 bits per heavy atom. The van der Waals surface area contributed by atoms with Crippen molar-refractivity contribution in [3.05, 3.63) is 437 Å². The number of nitrogens with zero attached hydrogens (tertiary/aromatic N) is 10. The lowest BCUT2D eigenvalue weighted by molar-refractivity contribution is 1.19. The van der Waals surface area contributed by atoms with E-state index in [0.29, 0.717) is 45.9 Å². The first-order valence-corrected chi connectivity index (χ1v) is 41.3. The normalized spacial score (nSPS) is 11.4. The lowest BCUT2D eigenvalue weighted by Gasteiger charge is -2.25. The number of hydrogen-bond acceptors (Lipinski definition) is 10. The first kappa shape index (κ1) is 74.6. The Labute approximate surface area is 718 Å². The van der Waals surface area contributed by atoms with Gasteiger partial charge in [-0.25, -0.2) is 29.9 Å². The zero-order chi connectivity index (χ0) is 83.1. The molecule has 0 saturated heterocycles. The number of benzene rings is 16. The molecule has 5 heterocycles. The van der Waals surface area contributed by atoms with E-state index in [1.54, 1.807) is 0 Å². The van der Waals surface area contributed by atoms with Crippen LogP contribution in [0.25, 0.3) is 158 Å². The molecule has 0 unspecified atom stereocenters. The number of aromatic nitrogens is 8. The van der Waals surface area contributed by atoms with E-state index in [-0.39, 0.29) is 0 Å². The van der Waals surface area contributed by atoms with Crippen molar-refractivity contribution in [3.63, 3.8) is 0 Å². The molecule has 12 nitrogen and oxygen atoms in total. The van der Waals surface area contributed by atoms with Gasteiger partial charge >= 0.3 is 0 Å². The molecule has 2 aliphatic rings. The van der Waals surface area contributed by atoms with E-state index in [1.807, 2.05) is 48.6 Å². The van der Waals surface area contributed by atoms with Crippen LogP contribution in [0.2, 0.25) is 0 Å². The summed E-state index contributed by atoms with van der Waals surface area (Å²) in [5.74, 6) is 1.92. The largest absolute Gasteiger partial charge is 0.324 e. The summed E-state index contributed by atoms with van der Waals surface area (Å²) in [6, 6.07) is 137. The number of nitrogens with one attached hydrogen (secondary N) is 2. The summed E-state index contributed by atoms with van der Waals surface area (Å²) in [7, 11) is 0. The quantitative estimate of drug-likeness (QED) is 0.0763. The molecule has 0 spiro atoms. The van der Waals surface area contributed by atoms with Crippen LogP contribution in [0.3, 0.4) is 0 Å². The van der Waals surface area contributed by atoms with Crippen molar-refractivity contribution in [2.24, 2.45) is 0 Å².